The smallest absolute Gasteiger partial charge is 0.340 e. The van der Waals surface area contributed by atoms with Crippen molar-refractivity contribution in [3.8, 4) is 0 Å². The van der Waals surface area contributed by atoms with Gasteiger partial charge in [-0.2, -0.15) is 0 Å². The molecule has 1 rings (SSSR count). The second kappa shape index (κ2) is 7.64. The van der Waals surface area contributed by atoms with Crippen LogP contribution in [0.1, 0.15) is 38.1 Å². The molecular formula is C16H22N2O6S. The first-order chi connectivity index (χ1) is 11.3. The Labute approximate surface area is 146 Å². The monoisotopic (exact) mass is 370 g/mol. The lowest BCUT2D eigenvalue weighted by Crippen LogP contribution is -2.50. The molecular weight excluding hydrogens is 348 g/mol. The lowest BCUT2D eigenvalue weighted by molar-refractivity contribution is -0.127. The number of sulfone groups is 1. The first kappa shape index (κ1) is 20.6. The highest BCUT2D eigenvalue weighted by atomic mass is 32.2. The van der Waals surface area contributed by atoms with Crippen molar-refractivity contribution in [1.82, 2.24) is 10.6 Å². The predicted molar refractivity (Wildman–Crippen MR) is 90.9 cm³/mol. The van der Waals surface area contributed by atoms with Gasteiger partial charge in [-0.25, -0.2) is 18.0 Å². The number of rotatable bonds is 4. The van der Waals surface area contributed by atoms with Gasteiger partial charge in [-0.3, -0.25) is 10.1 Å². The number of hydrogen-bond donors (Lipinski definition) is 2. The quantitative estimate of drug-likeness (QED) is 0.770. The van der Waals surface area contributed by atoms with Crippen LogP contribution in [0.25, 0.3) is 0 Å². The van der Waals surface area contributed by atoms with Crippen LogP contribution in [0.2, 0.25) is 0 Å². The third-order valence-electron chi connectivity index (χ3n) is 2.88. The maximum atomic E-state index is 12.2. The van der Waals surface area contributed by atoms with Crippen molar-refractivity contribution in [2.75, 3.05) is 6.26 Å². The number of ether oxygens (including phenoxy) is 1. The number of hydrogen-bond acceptors (Lipinski definition) is 6. The van der Waals surface area contributed by atoms with Crippen LogP contribution in [-0.2, 0) is 19.4 Å². The number of urea groups is 1. The third-order valence-corrected chi connectivity index (χ3v) is 4.04. The fraction of sp³-hybridized carbons (Fsp3) is 0.438. The van der Waals surface area contributed by atoms with E-state index in [1.807, 2.05) is 0 Å². The van der Waals surface area contributed by atoms with Gasteiger partial charge >= 0.3 is 12.0 Å². The van der Waals surface area contributed by atoms with Crippen LogP contribution >= 0.6 is 0 Å². The zero-order valence-corrected chi connectivity index (χ0v) is 15.6. The minimum absolute atomic E-state index is 0.177. The summed E-state index contributed by atoms with van der Waals surface area (Å²) in [5.74, 6) is -1.80. The molecule has 3 amide bonds. The first-order valence-corrected chi connectivity index (χ1v) is 9.33. The molecule has 0 fully saturated rings. The SMILES string of the molecule is C[C@@H](OC(=O)c1ccccc1S(C)(=O)=O)C(=O)NC(=O)NC(C)(C)C. The summed E-state index contributed by atoms with van der Waals surface area (Å²) in [5, 5.41) is 4.58. The van der Waals surface area contributed by atoms with Crippen LogP contribution in [0.15, 0.2) is 29.2 Å². The molecule has 1 aromatic rings. The molecule has 25 heavy (non-hydrogen) atoms. The molecule has 0 aromatic heterocycles. The van der Waals surface area contributed by atoms with Gasteiger partial charge in [0.15, 0.2) is 15.9 Å². The molecule has 0 saturated carbocycles. The summed E-state index contributed by atoms with van der Waals surface area (Å²) in [5.41, 5.74) is -0.720. The Hall–Kier alpha value is -2.42. The average molecular weight is 370 g/mol. The van der Waals surface area contributed by atoms with Crippen molar-refractivity contribution < 1.29 is 27.5 Å². The molecule has 0 heterocycles. The molecule has 0 saturated heterocycles. The summed E-state index contributed by atoms with van der Waals surface area (Å²) in [4.78, 5) is 35.6. The van der Waals surface area contributed by atoms with Gasteiger partial charge in [0.2, 0.25) is 0 Å². The van der Waals surface area contributed by atoms with Gasteiger partial charge in [0, 0.05) is 11.8 Å². The molecule has 8 nitrogen and oxygen atoms in total. The van der Waals surface area contributed by atoms with Crippen LogP contribution in [0.3, 0.4) is 0 Å². The topological polar surface area (TPSA) is 119 Å². The van der Waals surface area contributed by atoms with Crippen molar-refractivity contribution in [3.63, 3.8) is 0 Å². The Balaban J connectivity index is 2.81. The van der Waals surface area contributed by atoms with Crippen LogP contribution in [0, 0.1) is 0 Å². The maximum absolute atomic E-state index is 12.2. The van der Waals surface area contributed by atoms with Gasteiger partial charge in [-0.15, -0.1) is 0 Å². The Morgan fingerprint density at radius 1 is 1.12 bits per heavy atom. The average Bonchev–Trinajstić information content (AvgIpc) is 2.44. The van der Waals surface area contributed by atoms with E-state index in [-0.39, 0.29) is 10.5 Å². The van der Waals surface area contributed by atoms with Crippen molar-refractivity contribution in [2.24, 2.45) is 0 Å². The number of esters is 1. The van der Waals surface area contributed by atoms with Gasteiger partial charge in [-0.1, -0.05) is 12.1 Å². The van der Waals surface area contributed by atoms with Crippen molar-refractivity contribution in [1.29, 1.82) is 0 Å². The maximum Gasteiger partial charge on any atom is 0.340 e. The van der Waals surface area contributed by atoms with Gasteiger partial charge in [0.25, 0.3) is 5.91 Å². The minimum atomic E-state index is -3.64. The summed E-state index contributed by atoms with van der Waals surface area (Å²) in [6, 6.07) is 4.78. The molecule has 0 aliphatic carbocycles. The summed E-state index contributed by atoms with van der Waals surface area (Å²) in [7, 11) is -3.64. The largest absolute Gasteiger partial charge is 0.449 e. The lowest BCUT2D eigenvalue weighted by Gasteiger charge is -2.21. The van der Waals surface area contributed by atoms with E-state index in [4.69, 9.17) is 4.74 Å². The molecule has 9 heteroatoms. The van der Waals surface area contributed by atoms with E-state index < -0.39 is 39.4 Å². The van der Waals surface area contributed by atoms with E-state index in [1.54, 1.807) is 20.8 Å². The molecule has 0 bridgehead atoms. The highest BCUT2D eigenvalue weighted by molar-refractivity contribution is 7.90. The zero-order valence-electron chi connectivity index (χ0n) is 14.7. The number of carbonyl (C=O) groups excluding carboxylic acids is 3. The number of amides is 3. The van der Waals surface area contributed by atoms with E-state index in [1.165, 1.54) is 31.2 Å². The van der Waals surface area contributed by atoms with Crippen molar-refractivity contribution in [2.45, 2.75) is 44.2 Å². The Morgan fingerprint density at radius 3 is 2.20 bits per heavy atom. The molecule has 2 N–H and O–H groups in total. The normalized spacial score (nSPS) is 12.8. The molecule has 0 aliphatic rings. The van der Waals surface area contributed by atoms with E-state index >= 15 is 0 Å². The summed E-state index contributed by atoms with van der Waals surface area (Å²) >= 11 is 0. The number of carbonyl (C=O) groups is 3. The first-order valence-electron chi connectivity index (χ1n) is 7.44. The number of nitrogens with one attached hydrogen (secondary N) is 2. The van der Waals surface area contributed by atoms with Crippen LogP contribution in [-0.4, -0.2) is 44.2 Å². The van der Waals surface area contributed by atoms with Gasteiger partial charge in [0.1, 0.15) is 0 Å². The Morgan fingerprint density at radius 2 is 1.68 bits per heavy atom. The van der Waals surface area contributed by atoms with Gasteiger partial charge in [-0.05, 0) is 39.8 Å². The van der Waals surface area contributed by atoms with Crippen LogP contribution in [0.5, 0.6) is 0 Å². The second-order valence-corrected chi connectivity index (χ2v) is 8.49. The number of imide groups is 1. The second-order valence-electron chi connectivity index (χ2n) is 6.51. The van der Waals surface area contributed by atoms with E-state index in [0.29, 0.717) is 0 Å². The fourth-order valence-electron chi connectivity index (χ4n) is 1.82. The highest BCUT2D eigenvalue weighted by Crippen LogP contribution is 2.17. The van der Waals surface area contributed by atoms with Crippen molar-refractivity contribution >= 4 is 27.7 Å². The Bertz CT molecular complexity index is 780. The molecule has 0 radical (unpaired) electrons. The summed E-state index contributed by atoms with van der Waals surface area (Å²) in [6.45, 7) is 6.49. The van der Waals surface area contributed by atoms with Gasteiger partial charge in [0.05, 0.1) is 10.5 Å². The lowest BCUT2D eigenvalue weighted by atomic mass is 10.1. The molecule has 0 spiro atoms. The van der Waals surface area contributed by atoms with Crippen LogP contribution < -0.4 is 10.6 Å². The molecule has 138 valence electrons. The van der Waals surface area contributed by atoms with Gasteiger partial charge < -0.3 is 10.1 Å². The van der Waals surface area contributed by atoms with E-state index in [2.05, 4.69) is 10.6 Å². The summed E-state index contributed by atoms with van der Waals surface area (Å²) in [6.07, 6.45) is -0.322. The number of benzene rings is 1. The van der Waals surface area contributed by atoms with Crippen LogP contribution in [0.4, 0.5) is 4.79 Å². The molecule has 1 atom stereocenters. The third kappa shape index (κ3) is 6.54. The van der Waals surface area contributed by atoms with Crippen molar-refractivity contribution in [3.05, 3.63) is 29.8 Å². The minimum Gasteiger partial charge on any atom is -0.449 e. The molecule has 1 aromatic carbocycles. The standard InChI is InChI=1S/C16H22N2O6S/c1-10(13(19)17-15(21)18-16(2,3)4)24-14(20)11-8-6-7-9-12(11)25(5,22)23/h6-10H,1-5H3,(H2,17,18,19,21)/t10-/m1/s1. The fourth-order valence-corrected chi connectivity index (χ4v) is 2.70. The summed E-state index contributed by atoms with van der Waals surface area (Å²) < 4.78 is 28.4. The van der Waals surface area contributed by atoms with E-state index in [0.717, 1.165) is 6.26 Å². The molecule has 0 aliphatic heterocycles. The van der Waals surface area contributed by atoms with E-state index in [9.17, 15) is 22.8 Å². The Kier molecular flexibility index (Phi) is 6.31. The predicted octanol–water partition coefficient (Wildman–Crippen LogP) is 1.26. The zero-order chi connectivity index (χ0) is 19.4. The highest BCUT2D eigenvalue weighted by Gasteiger charge is 2.25. The molecule has 0 unspecified atom stereocenters.